The van der Waals surface area contributed by atoms with Crippen molar-refractivity contribution in [3.05, 3.63) is 54.1 Å². The number of para-hydroxylation sites is 2. The first-order valence-corrected chi connectivity index (χ1v) is 8.36. The van der Waals surface area contributed by atoms with Crippen molar-refractivity contribution in [2.45, 2.75) is 6.54 Å². The number of methoxy groups -OCH3 is 1. The fraction of sp³-hybridized carbons (Fsp3) is 0.316. The molecule has 132 valence electrons. The summed E-state index contributed by atoms with van der Waals surface area (Å²) in [5.41, 5.74) is 1.85. The summed E-state index contributed by atoms with van der Waals surface area (Å²) in [6.07, 6.45) is 0. The lowest BCUT2D eigenvalue weighted by Gasteiger charge is -2.36. The van der Waals surface area contributed by atoms with Gasteiger partial charge in [-0.15, -0.1) is 0 Å². The van der Waals surface area contributed by atoms with Crippen LogP contribution < -0.4 is 15.0 Å². The first-order chi connectivity index (χ1) is 12.2. The third kappa shape index (κ3) is 4.15. The smallest absolute Gasteiger partial charge is 0.317 e. The molecule has 1 aliphatic heterocycles. The molecule has 0 atom stereocenters. The van der Waals surface area contributed by atoms with Crippen molar-refractivity contribution >= 4 is 11.7 Å². The number of urea groups is 1. The number of aromatic hydroxyl groups is 1. The van der Waals surface area contributed by atoms with E-state index in [2.05, 4.69) is 10.2 Å². The minimum Gasteiger partial charge on any atom is -0.506 e. The molecule has 2 N–H and O–H groups in total. The Morgan fingerprint density at radius 3 is 2.40 bits per heavy atom. The van der Waals surface area contributed by atoms with E-state index in [0.29, 0.717) is 32.7 Å². The Bertz CT molecular complexity index is 710. The predicted octanol–water partition coefficient (Wildman–Crippen LogP) is 2.43. The molecule has 3 rings (SSSR count). The summed E-state index contributed by atoms with van der Waals surface area (Å²) in [6, 6.07) is 14.9. The van der Waals surface area contributed by atoms with E-state index >= 15 is 0 Å². The van der Waals surface area contributed by atoms with Gasteiger partial charge < -0.3 is 25.0 Å². The molecule has 0 unspecified atom stereocenters. The molecule has 0 aromatic heterocycles. The minimum atomic E-state index is -0.0623. The van der Waals surface area contributed by atoms with Gasteiger partial charge in [0.15, 0.2) is 0 Å². The molecular formula is C19H23N3O3. The normalized spacial score (nSPS) is 14.3. The van der Waals surface area contributed by atoms with Gasteiger partial charge in [-0.3, -0.25) is 0 Å². The Kier molecular flexibility index (Phi) is 5.28. The fourth-order valence-electron chi connectivity index (χ4n) is 2.91. The molecule has 0 aliphatic carbocycles. The van der Waals surface area contributed by atoms with Crippen LogP contribution >= 0.6 is 0 Å². The molecule has 0 radical (unpaired) electrons. The van der Waals surface area contributed by atoms with Crippen LogP contribution in [0.15, 0.2) is 48.5 Å². The summed E-state index contributed by atoms with van der Waals surface area (Å²) in [5, 5.41) is 12.9. The SMILES string of the molecule is COc1ccc(CNC(=O)N2CCN(c3ccccc3O)CC2)cc1. The van der Waals surface area contributed by atoms with Crippen LogP contribution in [0, 0.1) is 0 Å². The van der Waals surface area contributed by atoms with Crippen LogP contribution in [-0.2, 0) is 6.54 Å². The van der Waals surface area contributed by atoms with Gasteiger partial charge in [0.25, 0.3) is 0 Å². The number of piperazine rings is 1. The number of ether oxygens (including phenoxy) is 1. The molecule has 1 heterocycles. The molecule has 2 amide bonds. The number of rotatable bonds is 4. The molecule has 25 heavy (non-hydrogen) atoms. The number of hydrogen-bond acceptors (Lipinski definition) is 4. The standard InChI is InChI=1S/C19H23N3O3/c1-25-16-8-6-15(7-9-16)14-20-19(24)22-12-10-21(11-13-22)17-4-2-3-5-18(17)23/h2-9,23H,10-14H2,1H3,(H,20,24). The van der Waals surface area contributed by atoms with E-state index in [9.17, 15) is 9.90 Å². The number of hydrogen-bond donors (Lipinski definition) is 2. The topological polar surface area (TPSA) is 65.0 Å². The molecule has 0 saturated carbocycles. The Balaban J connectivity index is 1.49. The number of benzene rings is 2. The van der Waals surface area contributed by atoms with Gasteiger partial charge >= 0.3 is 6.03 Å². The second kappa shape index (κ2) is 7.79. The van der Waals surface area contributed by atoms with Gasteiger partial charge in [-0.2, -0.15) is 0 Å². The van der Waals surface area contributed by atoms with Crippen LogP contribution in [-0.4, -0.2) is 49.3 Å². The van der Waals surface area contributed by atoms with Crippen LogP contribution in [0.1, 0.15) is 5.56 Å². The van der Waals surface area contributed by atoms with Crippen LogP contribution in [0.2, 0.25) is 0 Å². The van der Waals surface area contributed by atoms with Crippen molar-refractivity contribution in [3.63, 3.8) is 0 Å². The molecule has 2 aromatic rings. The molecule has 6 heteroatoms. The van der Waals surface area contributed by atoms with Gasteiger partial charge in [0.1, 0.15) is 11.5 Å². The molecule has 6 nitrogen and oxygen atoms in total. The number of anilines is 1. The van der Waals surface area contributed by atoms with Crippen molar-refractivity contribution in [2.75, 3.05) is 38.2 Å². The number of carbonyl (C=O) groups is 1. The van der Waals surface area contributed by atoms with Gasteiger partial charge in [-0.25, -0.2) is 4.79 Å². The van der Waals surface area contributed by atoms with E-state index in [1.54, 1.807) is 18.1 Å². The van der Waals surface area contributed by atoms with Crippen molar-refractivity contribution in [3.8, 4) is 11.5 Å². The van der Waals surface area contributed by atoms with Gasteiger partial charge in [0.2, 0.25) is 0 Å². The third-order valence-corrected chi connectivity index (χ3v) is 4.39. The lowest BCUT2D eigenvalue weighted by molar-refractivity contribution is 0.194. The molecular weight excluding hydrogens is 318 g/mol. The lowest BCUT2D eigenvalue weighted by atomic mass is 10.2. The van der Waals surface area contributed by atoms with Crippen molar-refractivity contribution in [1.82, 2.24) is 10.2 Å². The quantitative estimate of drug-likeness (QED) is 0.896. The maximum absolute atomic E-state index is 12.3. The Morgan fingerprint density at radius 1 is 1.08 bits per heavy atom. The van der Waals surface area contributed by atoms with E-state index < -0.39 is 0 Å². The third-order valence-electron chi connectivity index (χ3n) is 4.39. The highest BCUT2D eigenvalue weighted by atomic mass is 16.5. The average Bonchev–Trinajstić information content (AvgIpc) is 2.67. The average molecular weight is 341 g/mol. The fourth-order valence-corrected chi connectivity index (χ4v) is 2.91. The van der Waals surface area contributed by atoms with Crippen LogP contribution in [0.3, 0.4) is 0 Å². The molecule has 1 aliphatic rings. The van der Waals surface area contributed by atoms with Gasteiger partial charge in [-0.1, -0.05) is 24.3 Å². The zero-order chi connectivity index (χ0) is 17.6. The predicted molar refractivity (Wildman–Crippen MR) is 97.1 cm³/mol. The van der Waals surface area contributed by atoms with E-state index in [1.165, 1.54) is 0 Å². The zero-order valence-corrected chi connectivity index (χ0v) is 14.3. The van der Waals surface area contributed by atoms with Crippen molar-refractivity contribution in [2.24, 2.45) is 0 Å². The Labute approximate surface area is 147 Å². The second-order valence-corrected chi connectivity index (χ2v) is 5.97. The number of phenols is 1. The molecule has 0 spiro atoms. The van der Waals surface area contributed by atoms with Crippen molar-refractivity contribution < 1.29 is 14.6 Å². The maximum atomic E-state index is 12.3. The van der Waals surface area contributed by atoms with Crippen molar-refractivity contribution in [1.29, 1.82) is 0 Å². The maximum Gasteiger partial charge on any atom is 0.317 e. The number of amides is 2. The highest BCUT2D eigenvalue weighted by molar-refractivity contribution is 5.74. The summed E-state index contributed by atoms with van der Waals surface area (Å²) >= 11 is 0. The van der Waals surface area contributed by atoms with Crippen LogP contribution in [0.25, 0.3) is 0 Å². The summed E-state index contributed by atoms with van der Waals surface area (Å²) in [6.45, 7) is 3.15. The number of phenolic OH excluding ortho intramolecular Hbond substituents is 1. The molecule has 1 fully saturated rings. The largest absolute Gasteiger partial charge is 0.506 e. The summed E-state index contributed by atoms with van der Waals surface area (Å²) in [7, 11) is 1.63. The van der Waals surface area contributed by atoms with Crippen LogP contribution in [0.4, 0.5) is 10.5 Å². The monoisotopic (exact) mass is 341 g/mol. The Hall–Kier alpha value is -2.89. The summed E-state index contributed by atoms with van der Waals surface area (Å²) < 4.78 is 5.13. The first kappa shape index (κ1) is 17.0. The van der Waals surface area contributed by atoms with E-state index in [-0.39, 0.29) is 11.8 Å². The van der Waals surface area contributed by atoms with E-state index in [0.717, 1.165) is 17.0 Å². The molecule has 0 bridgehead atoms. The zero-order valence-electron chi connectivity index (χ0n) is 14.3. The molecule has 2 aromatic carbocycles. The van der Waals surface area contributed by atoms with E-state index in [1.807, 2.05) is 42.5 Å². The van der Waals surface area contributed by atoms with Gasteiger partial charge in [0.05, 0.1) is 12.8 Å². The second-order valence-electron chi connectivity index (χ2n) is 5.97. The van der Waals surface area contributed by atoms with Gasteiger partial charge in [0, 0.05) is 32.7 Å². The highest BCUT2D eigenvalue weighted by Crippen LogP contribution is 2.27. The summed E-state index contributed by atoms with van der Waals surface area (Å²) in [4.78, 5) is 16.2. The number of carbonyl (C=O) groups excluding carboxylic acids is 1. The number of nitrogens with zero attached hydrogens (tertiary/aromatic N) is 2. The summed E-state index contributed by atoms with van der Waals surface area (Å²) in [5.74, 6) is 1.08. The van der Waals surface area contributed by atoms with Gasteiger partial charge in [-0.05, 0) is 29.8 Å². The Morgan fingerprint density at radius 2 is 1.76 bits per heavy atom. The van der Waals surface area contributed by atoms with E-state index in [4.69, 9.17) is 4.74 Å². The van der Waals surface area contributed by atoms with Crippen LogP contribution in [0.5, 0.6) is 11.5 Å². The molecule has 1 saturated heterocycles. The number of nitrogens with one attached hydrogen (secondary N) is 1. The first-order valence-electron chi connectivity index (χ1n) is 8.36. The minimum absolute atomic E-state index is 0.0623. The highest BCUT2D eigenvalue weighted by Gasteiger charge is 2.22. The lowest BCUT2D eigenvalue weighted by Crippen LogP contribution is -2.51.